The molecule has 19 heavy (non-hydrogen) atoms. The van der Waals surface area contributed by atoms with Gasteiger partial charge in [-0.1, -0.05) is 6.92 Å². The lowest BCUT2D eigenvalue weighted by molar-refractivity contribution is 0.386. The zero-order valence-corrected chi connectivity index (χ0v) is 14.8. The van der Waals surface area contributed by atoms with Crippen LogP contribution in [0.25, 0.3) is 0 Å². The lowest BCUT2D eigenvalue weighted by Gasteiger charge is -2.25. The van der Waals surface area contributed by atoms with Crippen molar-refractivity contribution in [2.45, 2.75) is 36.4 Å². The number of thioether (sulfide) groups is 1. The van der Waals surface area contributed by atoms with Crippen LogP contribution in [0.1, 0.15) is 23.8 Å². The van der Waals surface area contributed by atoms with Crippen LogP contribution in [0.15, 0.2) is 10.3 Å². The van der Waals surface area contributed by atoms with Gasteiger partial charge >= 0.3 is 0 Å². The van der Waals surface area contributed by atoms with Gasteiger partial charge in [0.05, 0.1) is 5.88 Å². The summed E-state index contributed by atoms with van der Waals surface area (Å²) in [5, 5.41) is 0. The number of thiophene rings is 1. The van der Waals surface area contributed by atoms with E-state index in [0.29, 0.717) is 10.1 Å². The summed E-state index contributed by atoms with van der Waals surface area (Å²) in [5.41, 5.74) is 0.949. The van der Waals surface area contributed by atoms with E-state index in [2.05, 4.69) is 0 Å². The highest BCUT2D eigenvalue weighted by atomic mass is 35.5. The second-order valence-corrected chi connectivity index (χ2v) is 8.88. The van der Waals surface area contributed by atoms with E-state index in [1.807, 2.05) is 20.1 Å². The van der Waals surface area contributed by atoms with E-state index in [1.54, 1.807) is 24.9 Å². The van der Waals surface area contributed by atoms with Crippen LogP contribution in [0, 0.1) is 6.92 Å². The second-order valence-electron chi connectivity index (χ2n) is 4.34. The molecular weight excluding hydrogens is 322 g/mol. The lowest BCUT2D eigenvalue weighted by Crippen LogP contribution is -2.37. The van der Waals surface area contributed by atoms with Crippen LogP contribution in [-0.2, 0) is 15.9 Å². The van der Waals surface area contributed by atoms with Crippen LogP contribution in [0.3, 0.4) is 0 Å². The molecule has 0 N–H and O–H groups in total. The molecule has 0 amide bonds. The average molecular weight is 342 g/mol. The summed E-state index contributed by atoms with van der Waals surface area (Å²) in [6, 6.07) is 1.75. The molecule has 1 aromatic rings. The molecule has 0 aromatic carbocycles. The quantitative estimate of drug-likeness (QED) is 0.712. The summed E-state index contributed by atoms with van der Waals surface area (Å²) >= 11 is 8.75. The third kappa shape index (κ3) is 3.88. The number of hydrogen-bond acceptors (Lipinski definition) is 4. The van der Waals surface area contributed by atoms with Gasteiger partial charge in [-0.25, -0.2) is 8.42 Å². The third-order valence-corrected chi connectivity index (χ3v) is 7.84. The largest absolute Gasteiger partial charge is 0.252 e. The van der Waals surface area contributed by atoms with Crippen molar-refractivity contribution >= 4 is 44.7 Å². The molecule has 0 aliphatic carbocycles. The highest BCUT2D eigenvalue weighted by Crippen LogP contribution is 2.30. The molecule has 0 spiro atoms. The van der Waals surface area contributed by atoms with Crippen molar-refractivity contribution in [1.29, 1.82) is 0 Å². The van der Waals surface area contributed by atoms with Gasteiger partial charge in [0.2, 0.25) is 0 Å². The first-order chi connectivity index (χ1) is 8.88. The molecule has 3 nitrogen and oxygen atoms in total. The van der Waals surface area contributed by atoms with Crippen molar-refractivity contribution in [3.05, 3.63) is 16.5 Å². The van der Waals surface area contributed by atoms with E-state index < -0.39 is 10.0 Å². The molecule has 0 aliphatic rings. The molecule has 1 rings (SSSR count). The van der Waals surface area contributed by atoms with Gasteiger partial charge in [0.1, 0.15) is 4.21 Å². The maximum absolute atomic E-state index is 12.6. The lowest BCUT2D eigenvalue weighted by atomic mass is 10.3. The number of nitrogens with zero attached hydrogens (tertiary/aromatic N) is 1. The molecule has 0 bridgehead atoms. The Morgan fingerprint density at radius 3 is 2.58 bits per heavy atom. The molecule has 110 valence electrons. The van der Waals surface area contributed by atoms with Gasteiger partial charge in [0, 0.05) is 23.7 Å². The summed E-state index contributed by atoms with van der Waals surface area (Å²) in [4.78, 5) is 0.923. The van der Waals surface area contributed by atoms with Gasteiger partial charge in [0.15, 0.2) is 0 Å². The molecule has 1 atom stereocenters. The standard InChI is InChI=1S/C12H20ClNO2S3/c1-5-10(8-17-4)14(3)19(15,16)12-6-9(2)11(7-13)18-12/h6,10H,5,7-8H2,1-4H3. The summed E-state index contributed by atoms with van der Waals surface area (Å²) < 4.78 is 27.0. The summed E-state index contributed by atoms with van der Waals surface area (Å²) in [6.45, 7) is 3.91. The number of aryl methyl sites for hydroxylation is 1. The molecule has 0 saturated carbocycles. The zero-order chi connectivity index (χ0) is 14.6. The molecule has 0 fully saturated rings. The fraction of sp³-hybridized carbons (Fsp3) is 0.667. The minimum absolute atomic E-state index is 0.0295. The van der Waals surface area contributed by atoms with Crippen molar-refractivity contribution in [3.63, 3.8) is 0 Å². The minimum Gasteiger partial charge on any atom is -0.206 e. The van der Waals surface area contributed by atoms with Crippen molar-refractivity contribution < 1.29 is 8.42 Å². The fourth-order valence-electron chi connectivity index (χ4n) is 1.76. The smallest absolute Gasteiger partial charge is 0.206 e. The predicted octanol–water partition coefficient (Wildman–Crippen LogP) is 3.56. The highest BCUT2D eigenvalue weighted by molar-refractivity contribution is 7.98. The Hall–Kier alpha value is 0.250. The summed E-state index contributed by atoms with van der Waals surface area (Å²) in [7, 11) is -1.74. The van der Waals surface area contributed by atoms with Crippen LogP contribution in [0.4, 0.5) is 0 Å². The molecule has 0 radical (unpaired) electrons. The van der Waals surface area contributed by atoms with E-state index >= 15 is 0 Å². The van der Waals surface area contributed by atoms with Crippen molar-refractivity contribution in [2.24, 2.45) is 0 Å². The molecule has 1 heterocycles. The highest BCUT2D eigenvalue weighted by Gasteiger charge is 2.28. The second kappa shape index (κ2) is 7.31. The van der Waals surface area contributed by atoms with Crippen LogP contribution in [-0.4, -0.2) is 37.8 Å². The van der Waals surface area contributed by atoms with Gasteiger partial charge in [-0.05, 0) is 31.2 Å². The Morgan fingerprint density at radius 1 is 1.53 bits per heavy atom. The normalized spacial score (nSPS) is 14.0. The monoisotopic (exact) mass is 341 g/mol. The summed E-state index contributed by atoms with van der Waals surface area (Å²) in [6.07, 6.45) is 2.80. The van der Waals surface area contributed by atoms with Crippen molar-refractivity contribution in [3.8, 4) is 0 Å². The number of halogens is 1. The Kier molecular flexibility index (Phi) is 6.66. The van der Waals surface area contributed by atoms with Crippen LogP contribution < -0.4 is 0 Å². The zero-order valence-electron chi connectivity index (χ0n) is 11.6. The van der Waals surface area contributed by atoms with Gasteiger partial charge in [-0.15, -0.1) is 22.9 Å². The molecule has 7 heteroatoms. The van der Waals surface area contributed by atoms with E-state index in [1.165, 1.54) is 15.6 Å². The first-order valence-corrected chi connectivity index (χ1v) is 10.2. The SMILES string of the molecule is CCC(CSC)N(C)S(=O)(=O)c1cc(C)c(CCl)s1. The molecular formula is C12H20ClNO2S3. The molecule has 1 aromatic heterocycles. The van der Waals surface area contributed by atoms with Gasteiger partial charge in [-0.3, -0.25) is 0 Å². The minimum atomic E-state index is -3.40. The number of alkyl halides is 1. The average Bonchev–Trinajstić information content (AvgIpc) is 2.77. The number of sulfonamides is 1. The van der Waals surface area contributed by atoms with Gasteiger partial charge < -0.3 is 0 Å². The Balaban J connectivity index is 3.08. The molecule has 1 unspecified atom stereocenters. The van der Waals surface area contributed by atoms with Crippen LogP contribution in [0.5, 0.6) is 0 Å². The number of hydrogen-bond donors (Lipinski definition) is 0. The van der Waals surface area contributed by atoms with Crippen LogP contribution >= 0.6 is 34.7 Å². The van der Waals surface area contributed by atoms with E-state index in [0.717, 1.165) is 22.6 Å². The van der Waals surface area contributed by atoms with Crippen LogP contribution in [0.2, 0.25) is 0 Å². The van der Waals surface area contributed by atoms with Crippen molar-refractivity contribution in [2.75, 3.05) is 19.1 Å². The first-order valence-electron chi connectivity index (χ1n) is 6.00. The maximum Gasteiger partial charge on any atom is 0.252 e. The summed E-state index contributed by atoms with van der Waals surface area (Å²) in [5.74, 6) is 1.16. The van der Waals surface area contributed by atoms with Gasteiger partial charge in [0.25, 0.3) is 10.0 Å². The predicted molar refractivity (Wildman–Crippen MR) is 86.0 cm³/mol. The number of rotatable bonds is 7. The van der Waals surface area contributed by atoms with Gasteiger partial charge in [-0.2, -0.15) is 16.1 Å². The Morgan fingerprint density at radius 2 is 2.16 bits per heavy atom. The topological polar surface area (TPSA) is 37.4 Å². The van der Waals surface area contributed by atoms with E-state index in [9.17, 15) is 8.42 Å². The van der Waals surface area contributed by atoms with E-state index in [4.69, 9.17) is 11.6 Å². The molecule has 0 saturated heterocycles. The maximum atomic E-state index is 12.6. The third-order valence-electron chi connectivity index (χ3n) is 3.10. The van der Waals surface area contributed by atoms with Crippen molar-refractivity contribution in [1.82, 2.24) is 4.31 Å². The van der Waals surface area contributed by atoms with E-state index in [-0.39, 0.29) is 6.04 Å². The fourth-order valence-corrected chi connectivity index (χ4v) is 6.13. The first kappa shape index (κ1) is 17.3. The Bertz CT molecular complexity index is 513. The Labute approximate surface area is 129 Å². The molecule has 0 aliphatic heterocycles.